The average Bonchev–Trinajstić information content (AvgIpc) is 2.62. The van der Waals surface area contributed by atoms with Gasteiger partial charge in [0.1, 0.15) is 11.6 Å². The summed E-state index contributed by atoms with van der Waals surface area (Å²) in [5, 5.41) is 3.45. The van der Waals surface area contributed by atoms with Crippen molar-refractivity contribution in [2.75, 3.05) is 23.9 Å². The largest absolute Gasteiger partial charge is 0.495 e. The molecule has 1 fully saturated rings. The van der Waals surface area contributed by atoms with Crippen LogP contribution in [0.3, 0.4) is 0 Å². The Hall–Kier alpha value is -1.79. The van der Waals surface area contributed by atoms with E-state index in [9.17, 15) is 4.79 Å². The van der Waals surface area contributed by atoms with Gasteiger partial charge in [-0.05, 0) is 66.0 Å². The highest BCUT2D eigenvalue weighted by Gasteiger charge is 2.31. The van der Waals surface area contributed by atoms with Crippen molar-refractivity contribution in [2.24, 2.45) is 5.92 Å². The number of hydrogen-bond donors (Lipinski definition) is 1. The highest BCUT2D eigenvalue weighted by molar-refractivity contribution is 9.10. The molecule has 0 bridgehead atoms. The molecule has 0 saturated carbocycles. The van der Waals surface area contributed by atoms with Crippen LogP contribution in [-0.4, -0.2) is 30.6 Å². The highest BCUT2D eigenvalue weighted by atomic mass is 79.9. The third-order valence-electron chi connectivity index (χ3n) is 4.68. The summed E-state index contributed by atoms with van der Waals surface area (Å²) in [5.41, 5.74) is 0.684. The maximum atomic E-state index is 12.7. The number of ether oxygens (including phenoxy) is 1. The molecule has 1 aromatic carbocycles. The number of rotatable bonds is 4. The second-order valence-electron chi connectivity index (χ2n) is 6.41. The molecule has 1 aromatic heterocycles. The van der Waals surface area contributed by atoms with Gasteiger partial charge >= 0.3 is 0 Å². The first-order chi connectivity index (χ1) is 12.5. The lowest BCUT2D eigenvalue weighted by Gasteiger charge is -2.38. The van der Waals surface area contributed by atoms with Gasteiger partial charge in [0.25, 0.3) is 0 Å². The van der Waals surface area contributed by atoms with Crippen molar-refractivity contribution < 1.29 is 9.53 Å². The minimum atomic E-state index is -0.0374. The van der Waals surface area contributed by atoms with Gasteiger partial charge in [0.2, 0.25) is 5.91 Å². The van der Waals surface area contributed by atoms with Crippen molar-refractivity contribution in [3.8, 4) is 5.75 Å². The Morgan fingerprint density at radius 1 is 1.42 bits per heavy atom. The Balaban J connectivity index is 1.64. The number of anilines is 2. The van der Waals surface area contributed by atoms with E-state index in [0.29, 0.717) is 16.5 Å². The number of carbonyl (C=O) groups is 1. The third kappa shape index (κ3) is 4.13. The Kier molecular flexibility index (Phi) is 6.04. The molecule has 1 saturated heterocycles. The lowest BCUT2D eigenvalue weighted by molar-refractivity contribution is -0.120. The fourth-order valence-electron chi connectivity index (χ4n) is 3.30. The second-order valence-corrected chi connectivity index (χ2v) is 7.67. The molecule has 0 unspecified atom stereocenters. The quantitative estimate of drug-likeness (QED) is 0.748. The molecule has 1 aliphatic heterocycles. The van der Waals surface area contributed by atoms with Crippen LogP contribution in [0.1, 0.15) is 19.8 Å². The number of pyridine rings is 1. The van der Waals surface area contributed by atoms with Crippen LogP contribution in [0.4, 0.5) is 11.5 Å². The monoisotopic (exact) mass is 437 g/mol. The molecular formula is C19H21BrClN3O2. The van der Waals surface area contributed by atoms with Gasteiger partial charge in [0.05, 0.1) is 16.6 Å². The molecule has 1 aliphatic rings. The number of carbonyl (C=O) groups excluding carboxylic acids is 1. The van der Waals surface area contributed by atoms with Crippen LogP contribution >= 0.6 is 27.5 Å². The van der Waals surface area contributed by atoms with Crippen molar-refractivity contribution >= 4 is 44.9 Å². The van der Waals surface area contributed by atoms with E-state index in [1.807, 2.05) is 12.1 Å². The third-order valence-corrected chi connectivity index (χ3v) is 5.59. The van der Waals surface area contributed by atoms with Gasteiger partial charge in [0, 0.05) is 30.4 Å². The molecule has 1 N–H and O–H groups in total. The molecule has 26 heavy (non-hydrogen) atoms. The maximum absolute atomic E-state index is 12.7. The summed E-state index contributed by atoms with van der Waals surface area (Å²) in [6.45, 7) is 2.92. The normalized spacial score (nSPS) is 19.9. The minimum Gasteiger partial charge on any atom is -0.495 e. The Labute approximate surface area is 166 Å². The number of benzene rings is 1. The van der Waals surface area contributed by atoms with E-state index < -0.39 is 0 Å². The molecule has 2 atom stereocenters. The zero-order valence-corrected chi connectivity index (χ0v) is 17.0. The summed E-state index contributed by atoms with van der Waals surface area (Å²) >= 11 is 9.69. The lowest BCUT2D eigenvalue weighted by atomic mass is 9.90. The van der Waals surface area contributed by atoms with E-state index in [1.54, 1.807) is 31.5 Å². The summed E-state index contributed by atoms with van der Waals surface area (Å²) in [5.74, 6) is 1.51. The molecule has 2 aromatic rings. The molecule has 2 heterocycles. The summed E-state index contributed by atoms with van der Waals surface area (Å²) in [6, 6.07) is 9.38. The zero-order chi connectivity index (χ0) is 18.7. The topological polar surface area (TPSA) is 54.5 Å². The van der Waals surface area contributed by atoms with Gasteiger partial charge in [-0.2, -0.15) is 0 Å². The summed E-state index contributed by atoms with van der Waals surface area (Å²) in [7, 11) is 1.56. The second kappa shape index (κ2) is 8.27. The van der Waals surface area contributed by atoms with Crippen molar-refractivity contribution in [1.29, 1.82) is 0 Å². The van der Waals surface area contributed by atoms with E-state index >= 15 is 0 Å². The van der Waals surface area contributed by atoms with E-state index in [1.165, 1.54) is 0 Å². The predicted molar refractivity (Wildman–Crippen MR) is 108 cm³/mol. The van der Waals surface area contributed by atoms with E-state index in [2.05, 4.69) is 38.1 Å². The predicted octanol–water partition coefficient (Wildman–Crippen LogP) is 4.75. The number of hydrogen-bond acceptors (Lipinski definition) is 4. The number of piperidine rings is 1. The fraction of sp³-hybridized carbons (Fsp3) is 0.368. The SMILES string of the molecule is COc1ccc(NC(=O)[C@H]2CCN(c3ncccc3Br)[C@H](C)C2)cc1Cl. The number of nitrogens with zero attached hydrogens (tertiary/aromatic N) is 2. The molecule has 7 heteroatoms. The number of methoxy groups -OCH3 is 1. The average molecular weight is 439 g/mol. The minimum absolute atomic E-state index is 0.0258. The van der Waals surface area contributed by atoms with Crippen LogP contribution in [0.25, 0.3) is 0 Å². The smallest absolute Gasteiger partial charge is 0.227 e. The van der Waals surface area contributed by atoms with E-state index in [-0.39, 0.29) is 17.9 Å². The van der Waals surface area contributed by atoms with Gasteiger partial charge in [-0.1, -0.05) is 11.6 Å². The number of aromatic nitrogens is 1. The van der Waals surface area contributed by atoms with E-state index in [4.69, 9.17) is 16.3 Å². The molecule has 0 aliphatic carbocycles. The lowest BCUT2D eigenvalue weighted by Crippen LogP contribution is -2.44. The van der Waals surface area contributed by atoms with Gasteiger partial charge < -0.3 is 15.0 Å². The first-order valence-corrected chi connectivity index (χ1v) is 9.68. The molecule has 138 valence electrons. The number of amides is 1. The molecular weight excluding hydrogens is 418 g/mol. The number of nitrogens with one attached hydrogen (secondary N) is 1. The maximum Gasteiger partial charge on any atom is 0.227 e. The summed E-state index contributed by atoms with van der Waals surface area (Å²) < 4.78 is 6.11. The molecule has 0 spiro atoms. The van der Waals surface area contributed by atoms with Gasteiger partial charge in [-0.15, -0.1) is 0 Å². The standard InChI is InChI=1S/C19H21BrClN3O2/c1-12-10-13(7-9-24(12)18-15(20)4-3-8-22-18)19(25)23-14-5-6-17(26-2)16(21)11-14/h3-6,8,11-13H,7,9-10H2,1-2H3,(H,23,25)/t12-,13+/m1/s1. The highest BCUT2D eigenvalue weighted by Crippen LogP contribution is 2.32. The first-order valence-electron chi connectivity index (χ1n) is 8.51. The van der Waals surface area contributed by atoms with Crippen LogP contribution in [-0.2, 0) is 4.79 Å². The van der Waals surface area contributed by atoms with Crippen LogP contribution in [0.5, 0.6) is 5.75 Å². The van der Waals surface area contributed by atoms with Gasteiger partial charge in [-0.25, -0.2) is 4.98 Å². The van der Waals surface area contributed by atoms with E-state index in [0.717, 1.165) is 29.7 Å². The molecule has 0 radical (unpaired) electrons. The van der Waals surface area contributed by atoms with Crippen LogP contribution in [0.15, 0.2) is 41.0 Å². The summed E-state index contributed by atoms with van der Waals surface area (Å²) in [4.78, 5) is 19.4. The van der Waals surface area contributed by atoms with Crippen LogP contribution in [0, 0.1) is 5.92 Å². The first kappa shape index (κ1) is 19.0. The van der Waals surface area contributed by atoms with Crippen LogP contribution in [0.2, 0.25) is 5.02 Å². The summed E-state index contributed by atoms with van der Waals surface area (Å²) in [6.07, 6.45) is 3.35. The van der Waals surface area contributed by atoms with Gasteiger partial charge in [-0.3, -0.25) is 4.79 Å². The Morgan fingerprint density at radius 2 is 2.23 bits per heavy atom. The van der Waals surface area contributed by atoms with Crippen molar-refractivity contribution in [2.45, 2.75) is 25.8 Å². The van der Waals surface area contributed by atoms with Crippen molar-refractivity contribution in [3.05, 3.63) is 46.0 Å². The molecule has 3 rings (SSSR count). The Morgan fingerprint density at radius 3 is 2.88 bits per heavy atom. The van der Waals surface area contributed by atoms with Crippen LogP contribution < -0.4 is 15.0 Å². The molecule has 1 amide bonds. The van der Waals surface area contributed by atoms with Crippen molar-refractivity contribution in [3.63, 3.8) is 0 Å². The Bertz CT molecular complexity index is 802. The zero-order valence-electron chi connectivity index (χ0n) is 14.7. The number of halogens is 2. The fourth-order valence-corrected chi connectivity index (χ4v) is 4.04. The molecule has 5 nitrogen and oxygen atoms in total. The van der Waals surface area contributed by atoms with Crippen molar-refractivity contribution in [1.82, 2.24) is 4.98 Å². The van der Waals surface area contributed by atoms with Gasteiger partial charge in [0.15, 0.2) is 0 Å².